The van der Waals surface area contributed by atoms with Gasteiger partial charge in [0.15, 0.2) is 17.3 Å². The molecule has 0 saturated heterocycles. The predicted octanol–water partition coefficient (Wildman–Crippen LogP) is 5.78. The first kappa shape index (κ1) is 19.8. The molecule has 152 valence electrons. The zero-order valence-electron chi connectivity index (χ0n) is 16.8. The molecule has 4 rings (SSSR count). The zero-order valence-corrected chi connectivity index (χ0v) is 18.4. The number of carbonyl (C=O) groups is 1. The highest BCUT2D eigenvalue weighted by atomic mass is 79.9. The smallest absolute Gasteiger partial charge is 0.172 e. The highest BCUT2D eigenvalue weighted by molar-refractivity contribution is 9.10. The van der Waals surface area contributed by atoms with Gasteiger partial charge >= 0.3 is 0 Å². The predicted molar refractivity (Wildman–Crippen MR) is 118 cm³/mol. The van der Waals surface area contributed by atoms with Crippen LogP contribution in [0.4, 0.5) is 11.4 Å². The van der Waals surface area contributed by atoms with Crippen molar-refractivity contribution < 1.29 is 14.6 Å². The molecule has 0 amide bonds. The Labute approximate surface area is 179 Å². The number of fused-ring (bicyclic) bond motifs is 1. The van der Waals surface area contributed by atoms with Crippen LogP contribution in [0.2, 0.25) is 0 Å². The number of nitrogens with one attached hydrogen (secondary N) is 2. The summed E-state index contributed by atoms with van der Waals surface area (Å²) in [6.45, 7) is 6.56. The average molecular weight is 457 g/mol. The van der Waals surface area contributed by atoms with Crippen molar-refractivity contribution in [2.75, 3.05) is 17.2 Å². The number of hydrogen-bond acceptors (Lipinski definition) is 5. The minimum Gasteiger partial charge on any atom is -0.503 e. The molecule has 2 aromatic rings. The Morgan fingerprint density at radius 1 is 1.21 bits per heavy atom. The van der Waals surface area contributed by atoms with Crippen LogP contribution in [0, 0.1) is 5.41 Å². The van der Waals surface area contributed by atoms with Crippen molar-refractivity contribution >= 4 is 33.1 Å². The van der Waals surface area contributed by atoms with E-state index >= 15 is 0 Å². The quantitative estimate of drug-likeness (QED) is 0.546. The molecule has 0 aromatic heterocycles. The fourth-order valence-electron chi connectivity index (χ4n) is 4.17. The lowest BCUT2D eigenvalue weighted by Crippen LogP contribution is -2.31. The van der Waals surface area contributed by atoms with Crippen molar-refractivity contribution in [3.8, 4) is 11.5 Å². The second-order valence-corrected chi connectivity index (χ2v) is 9.22. The van der Waals surface area contributed by atoms with Gasteiger partial charge in [-0.15, -0.1) is 0 Å². The fraction of sp³-hybridized carbons (Fsp3) is 0.348. The number of Topliss-reactive ketones (excluding diaryl/α,β-unsaturated/α-hetero) is 1. The van der Waals surface area contributed by atoms with Crippen LogP contribution in [-0.2, 0) is 4.79 Å². The van der Waals surface area contributed by atoms with Crippen LogP contribution in [0.3, 0.4) is 0 Å². The summed E-state index contributed by atoms with van der Waals surface area (Å²) in [5.74, 6) is 0.596. The Bertz CT molecular complexity index is 1010. The molecular weight excluding hydrogens is 432 g/mol. The van der Waals surface area contributed by atoms with Gasteiger partial charge in [-0.3, -0.25) is 4.79 Å². The molecule has 1 aliphatic heterocycles. The van der Waals surface area contributed by atoms with Gasteiger partial charge in [0.2, 0.25) is 0 Å². The van der Waals surface area contributed by atoms with Gasteiger partial charge in [0.1, 0.15) is 0 Å². The molecule has 0 saturated carbocycles. The molecule has 2 aromatic carbocycles. The third-order valence-corrected chi connectivity index (χ3v) is 6.01. The molecule has 0 spiro atoms. The summed E-state index contributed by atoms with van der Waals surface area (Å²) in [5, 5.41) is 17.4. The molecule has 0 bridgehead atoms. The van der Waals surface area contributed by atoms with Crippen LogP contribution in [0.1, 0.15) is 45.2 Å². The van der Waals surface area contributed by atoms with Crippen molar-refractivity contribution in [2.45, 2.75) is 39.7 Å². The highest BCUT2D eigenvalue weighted by Gasteiger charge is 2.39. The lowest BCUT2D eigenvalue weighted by atomic mass is 9.73. The summed E-state index contributed by atoms with van der Waals surface area (Å²) in [5.41, 5.74) is 4.35. The number of anilines is 2. The van der Waals surface area contributed by atoms with Crippen LogP contribution >= 0.6 is 15.9 Å². The van der Waals surface area contributed by atoms with E-state index in [2.05, 4.69) is 40.4 Å². The number of rotatable bonds is 3. The van der Waals surface area contributed by atoms with Gasteiger partial charge < -0.3 is 20.5 Å². The molecule has 1 unspecified atom stereocenters. The van der Waals surface area contributed by atoms with E-state index in [0.29, 0.717) is 23.2 Å². The van der Waals surface area contributed by atoms with Crippen molar-refractivity contribution in [1.29, 1.82) is 0 Å². The first-order valence-corrected chi connectivity index (χ1v) is 10.6. The van der Waals surface area contributed by atoms with Gasteiger partial charge in [-0.2, -0.15) is 0 Å². The van der Waals surface area contributed by atoms with Gasteiger partial charge in [0, 0.05) is 17.7 Å². The van der Waals surface area contributed by atoms with Crippen LogP contribution in [0.25, 0.3) is 0 Å². The summed E-state index contributed by atoms with van der Waals surface area (Å²) in [6.07, 6.45) is 1.29. The van der Waals surface area contributed by atoms with E-state index in [0.717, 1.165) is 34.6 Å². The maximum atomic E-state index is 13.3. The van der Waals surface area contributed by atoms with Gasteiger partial charge in [0.25, 0.3) is 0 Å². The molecule has 5 nitrogen and oxygen atoms in total. The average Bonchev–Trinajstić information content (AvgIpc) is 2.80. The number of hydrogen-bond donors (Lipinski definition) is 3. The second kappa shape index (κ2) is 7.41. The number of ether oxygens (including phenoxy) is 1. The third kappa shape index (κ3) is 3.73. The van der Waals surface area contributed by atoms with Gasteiger partial charge in [-0.25, -0.2) is 0 Å². The monoisotopic (exact) mass is 456 g/mol. The Hall–Kier alpha value is -2.47. The molecule has 1 aliphatic carbocycles. The maximum absolute atomic E-state index is 13.3. The Morgan fingerprint density at radius 2 is 1.93 bits per heavy atom. The lowest BCUT2D eigenvalue weighted by molar-refractivity contribution is -0.118. The van der Waals surface area contributed by atoms with Crippen LogP contribution < -0.4 is 15.4 Å². The normalized spacial score (nSPS) is 20.1. The molecule has 0 fully saturated rings. The zero-order chi connectivity index (χ0) is 20.8. The number of allylic oxidation sites excluding steroid dienone is 1. The number of phenols is 1. The lowest BCUT2D eigenvalue weighted by Gasteiger charge is -2.34. The molecule has 29 heavy (non-hydrogen) atoms. The Morgan fingerprint density at radius 3 is 2.66 bits per heavy atom. The largest absolute Gasteiger partial charge is 0.503 e. The fourth-order valence-corrected chi connectivity index (χ4v) is 4.63. The van der Waals surface area contributed by atoms with Crippen molar-refractivity contribution in [3.63, 3.8) is 0 Å². The van der Waals surface area contributed by atoms with Crippen molar-refractivity contribution in [3.05, 3.63) is 57.7 Å². The van der Waals surface area contributed by atoms with E-state index in [1.54, 1.807) is 0 Å². The number of ketones is 1. The number of phenolic OH excluding ortho intramolecular Hbond substituents is 1. The molecule has 1 atom stereocenters. The number of benzene rings is 2. The van der Waals surface area contributed by atoms with Gasteiger partial charge in [-0.1, -0.05) is 26.0 Å². The molecule has 3 N–H and O–H groups in total. The van der Waals surface area contributed by atoms with Gasteiger partial charge in [0.05, 0.1) is 28.5 Å². The van der Waals surface area contributed by atoms with E-state index in [1.165, 1.54) is 0 Å². The van der Waals surface area contributed by atoms with E-state index in [-0.39, 0.29) is 23.0 Å². The van der Waals surface area contributed by atoms with Crippen molar-refractivity contribution in [1.82, 2.24) is 0 Å². The number of para-hydroxylation sites is 2. The van der Waals surface area contributed by atoms with Crippen LogP contribution in [-0.4, -0.2) is 17.5 Å². The SMILES string of the molecule is CCOc1cc(C2Nc3ccccc3NC3=C2C(=O)CC(C)(C)C3)cc(Br)c1O. The van der Waals surface area contributed by atoms with Gasteiger partial charge in [-0.05, 0) is 64.5 Å². The molecule has 1 heterocycles. The van der Waals surface area contributed by atoms with E-state index in [1.807, 2.05) is 43.3 Å². The highest BCUT2D eigenvalue weighted by Crippen LogP contribution is 2.47. The number of halogens is 1. The summed E-state index contributed by atoms with van der Waals surface area (Å²) >= 11 is 3.43. The number of carbonyl (C=O) groups excluding carboxylic acids is 1. The first-order chi connectivity index (χ1) is 13.8. The maximum Gasteiger partial charge on any atom is 0.172 e. The summed E-state index contributed by atoms with van der Waals surface area (Å²) in [6, 6.07) is 11.3. The second-order valence-electron chi connectivity index (χ2n) is 8.36. The first-order valence-electron chi connectivity index (χ1n) is 9.83. The standard InChI is InChI=1S/C23H25BrN2O3/c1-4-29-19-10-13(9-14(24)22(19)28)21-20-17(11-23(2,3)12-18(20)27)25-15-7-5-6-8-16(15)26-21/h5-10,21,25-26,28H,4,11-12H2,1-3H3. The van der Waals surface area contributed by atoms with E-state index in [4.69, 9.17) is 4.74 Å². The minimum atomic E-state index is -0.346. The molecular formula is C23H25BrN2O3. The van der Waals surface area contributed by atoms with Crippen LogP contribution in [0.5, 0.6) is 11.5 Å². The topological polar surface area (TPSA) is 70.6 Å². The van der Waals surface area contributed by atoms with E-state index in [9.17, 15) is 9.90 Å². The van der Waals surface area contributed by atoms with E-state index < -0.39 is 0 Å². The van der Waals surface area contributed by atoms with Crippen molar-refractivity contribution in [2.24, 2.45) is 5.41 Å². The number of aromatic hydroxyl groups is 1. The summed E-state index contributed by atoms with van der Waals surface area (Å²) < 4.78 is 6.16. The third-order valence-electron chi connectivity index (χ3n) is 5.41. The Kier molecular flexibility index (Phi) is 5.07. The summed E-state index contributed by atoms with van der Waals surface area (Å²) in [4.78, 5) is 13.3. The molecule has 2 aliphatic rings. The Balaban J connectivity index is 1.90. The summed E-state index contributed by atoms with van der Waals surface area (Å²) in [7, 11) is 0. The van der Waals surface area contributed by atoms with Crippen LogP contribution in [0.15, 0.2) is 52.1 Å². The molecule has 0 radical (unpaired) electrons. The minimum absolute atomic E-state index is 0.0630. The molecule has 6 heteroatoms.